The molecule has 20 heavy (non-hydrogen) atoms. The first-order valence-corrected chi connectivity index (χ1v) is 8.56. The van der Waals surface area contributed by atoms with E-state index in [1.807, 2.05) is 6.92 Å². The summed E-state index contributed by atoms with van der Waals surface area (Å²) < 4.78 is 26.3. The third kappa shape index (κ3) is 3.39. The maximum Gasteiger partial charge on any atom is 0.259 e. The first kappa shape index (κ1) is 15.5. The predicted molar refractivity (Wildman–Crippen MR) is 78.0 cm³/mol. The minimum Gasteiger partial charge on any atom is -0.332 e. The first-order valence-electron chi connectivity index (χ1n) is 7.12. The first-order chi connectivity index (χ1) is 9.43. The van der Waals surface area contributed by atoms with E-state index in [9.17, 15) is 8.42 Å². The molecule has 0 spiro atoms. The Kier molecular flexibility index (Phi) is 4.82. The number of sulfonamides is 1. The van der Waals surface area contributed by atoms with Gasteiger partial charge in [0.15, 0.2) is 5.03 Å². The number of aromatic amines is 1. The zero-order chi connectivity index (χ0) is 14.8. The number of aromatic nitrogens is 2. The SMILES string of the molecule is CCc1ncc(S(=O)(=O)N(C)CC2CCN(C)CC2)[nH]1. The molecule has 1 aromatic rings. The topological polar surface area (TPSA) is 69.3 Å². The molecule has 0 aliphatic carbocycles. The average molecular weight is 300 g/mol. The second-order valence-corrected chi connectivity index (χ2v) is 7.59. The van der Waals surface area contributed by atoms with Crippen molar-refractivity contribution in [2.45, 2.75) is 31.2 Å². The molecule has 0 bridgehead atoms. The highest BCUT2D eigenvalue weighted by molar-refractivity contribution is 7.89. The van der Waals surface area contributed by atoms with E-state index >= 15 is 0 Å². The molecule has 7 heteroatoms. The number of hydrogen-bond acceptors (Lipinski definition) is 4. The Bertz CT molecular complexity index is 532. The Morgan fingerprint density at radius 3 is 2.65 bits per heavy atom. The molecule has 1 aromatic heterocycles. The van der Waals surface area contributed by atoms with Crippen LogP contribution in [0.3, 0.4) is 0 Å². The summed E-state index contributed by atoms with van der Waals surface area (Å²) in [7, 11) is 0.318. The Hall–Kier alpha value is -0.920. The van der Waals surface area contributed by atoms with Gasteiger partial charge >= 0.3 is 0 Å². The van der Waals surface area contributed by atoms with Gasteiger partial charge in [-0.3, -0.25) is 0 Å². The second-order valence-electron chi connectivity index (χ2n) is 5.58. The van der Waals surface area contributed by atoms with Gasteiger partial charge in [0.25, 0.3) is 10.0 Å². The van der Waals surface area contributed by atoms with E-state index < -0.39 is 10.0 Å². The lowest BCUT2D eigenvalue weighted by Gasteiger charge is -2.31. The van der Waals surface area contributed by atoms with E-state index in [-0.39, 0.29) is 5.03 Å². The summed E-state index contributed by atoms with van der Waals surface area (Å²) in [5.41, 5.74) is 0. The van der Waals surface area contributed by atoms with E-state index in [0.29, 0.717) is 24.7 Å². The Morgan fingerprint density at radius 2 is 2.10 bits per heavy atom. The van der Waals surface area contributed by atoms with Gasteiger partial charge < -0.3 is 9.88 Å². The van der Waals surface area contributed by atoms with Crippen LogP contribution in [0.2, 0.25) is 0 Å². The minimum absolute atomic E-state index is 0.199. The molecule has 1 aliphatic heterocycles. The lowest BCUT2D eigenvalue weighted by Crippen LogP contribution is -2.38. The second kappa shape index (κ2) is 6.24. The zero-order valence-electron chi connectivity index (χ0n) is 12.5. The van der Waals surface area contributed by atoms with Crippen LogP contribution in [0.1, 0.15) is 25.6 Å². The number of H-pyrrole nitrogens is 1. The molecule has 1 aliphatic rings. The molecule has 1 fully saturated rings. The standard InChI is InChI=1S/C13H24N4O2S/c1-4-12-14-9-13(15-12)20(18,19)17(3)10-11-5-7-16(2)8-6-11/h9,11H,4-8,10H2,1-3H3,(H,14,15). The van der Waals surface area contributed by atoms with Crippen LogP contribution in [-0.2, 0) is 16.4 Å². The Morgan fingerprint density at radius 1 is 1.45 bits per heavy atom. The van der Waals surface area contributed by atoms with Crippen molar-refractivity contribution in [3.05, 3.63) is 12.0 Å². The van der Waals surface area contributed by atoms with Gasteiger partial charge in [0.2, 0.25) is 0 Å². The molecule has 114 valence electrons. The van der Waals surface area contributed by atoms with Gasteiger partial charge in [-0.05, 0) is 38.9 Å². The Labute approximate surface area is 121 Å². The highest BCUT2D eigenvalue weighted by atomic mass is 32.2. The number of likely N-dealkylation sites (tertiary alicyclic amines) is 1. The fourth-order valence-electron chi connectivity index (χ4n) is 2.53. The van der Waals surface area contributed by atoms with Crippen molar-refractivity contribution < 1.29 is 8.42 Å². The van der Waals surface area contributed by atoms with Crippen LogP contribution in [0.4, 0.5) is 0 Å². The minimum atomic E-state index is -3.44. The molecule has 1 saturated heterocycles. The fraction of sp³-hybridized carbons (Fsp3) is 0.769. The molecule has 2 rings (SSSR count). The van der Waals surface area contributed by atoms with Gasteiger partial charge in [0.05, 0.1) is 6.20 Å². The molecule has 1 N–H and O–H groups in total. The molecule has 6 nitrogen and oxygen atoms in total. The van der Waals surface area contributed by atoms with Crippen LogP contribution in [0.5, 0.6) is 0 Å². The number of piperidine rings is 1. The van der Waals surface area contributed by atoms with E-state index in [0.717, 1.165) is 25.9 Å². The smallest absolute Gasteiger partial charge is 0.259 e. The number of imidazole rings is 1. The maximum absolute atomic E-state index is 12.4. The lowest BCUT2D eigenvalue weighted by atomic mass is 9.97. The summed E-state index contributed by atoms with van der Waals surface area (Å²) in [4.78, 5) is 9.24. The van der Waals surface area contributed by atoms with Crippen molar-refractivity contribution >= 4 is 10.0 Å². The number of nitrogens with zero attached hydrogens (tertiary/aromatic N) is 3. The van der Waals surface area contributed by atoms with Crippen LogP contribution in [0.25, 0.3) is 0 Å². The third-order valence-electron chi connectivity index (χ3n) is 3.98. The van der Waals surface area contributed by atoms with Crippen molar-refractivity contribution in [3.63, 3.8) is 0 Å². The van der Waals surface area contributed by atoms with E-state index in [4.69, 9.17) is 0 Å². The van der Waals surface area contributed by atoms with Crippen molar-refractivity contribution in [1.82, 2.24) is 19.2 Å². The van der Waals surface area contributed by atoms with Crippen molar-refractivity contribution in [1.29, 1.82) is 0 Å². The van der Waals surface area contributed by atoms with Gasteiger partial charge in [0.1, 0.15) is 5.82 Å². The summed E-state index contributed by atoms with van der Waals surface area (Å²) in [6, 6.07) is 0. The molecule has 2 heterocycles. The van der Waals surface area contributed by atoms with E-state index in [2.05, 4.69) is 21.9 Å². The summed E-state index contributed by atoms with van der Waals surface area (Å²) in [5.74, 6) is 1.15. The van der Waals surface area contributed by atoms with Gasteiger partial charge in [-0.2, -0.15) is 4.31 Å². The third-order valence-corrected chi connectivity index (χ3v) is 5.71. The van der Waals surface area contributed by atoms with E-state index in [1.165, 1.54) is 10.5 Å². The lowest BCUT2D eigenvalue weighted by molar-refractivity contribution is 0.202. The normalized spacial score (nSPS) is 18.8. The molecular weight excluding hydrogens is 276 g/mol. The van der Waals surface area contributed by atoms with Gasteiger partial charge in [-0.25, -0.2) is 13.4 Å². The molecule has 0 saturated carbocycles. The summed E-state index contributed by atoms with van der Waals surface area (Å²) in [6.45, 7) is 4.61. The highest BCUT2D eigenvalue weighted by Gasteiger charge is 2.27. The number of rotatable bonds is 5. The predicted octanol–water partition coefficient (Wildman–Crippen LogP) is 0.934. The fourth-order valence-corrected chi connectivity index (χ4v) is 3.70. The molecule has 0 radical (unpaired) electrons. The largest absolute Gasteiger partial charge is 0.332 e. The van der Waals surface area contributed by atoms with Gasteiger partial charge in [0, 0.05) is 20.0 Å². The summed E-state index contributed by atoms with van der Waals surface area (Å²) in [6.07, 6.45) is 4.23. The van der Waals surface area contributed by atoms with Crippen molar-refractivity contribution in [2.24, 2.45) is 5.92 Å². The summed E-state index contributed by atoms with van der Waals surface area (Å²) >= 11 is 0. The van der Waals surface area contributed by atoms with Gasteiger partial charge in [-0.1, -0.05) is 6.92 Å². The molecule has 0 unspecified atom stereocenters. The van der Waals surface area contributed by atoms with Crippen LogP contribution in [0.15, 0.2) is 11.2 Å². The van der Waals surface area contributed by atoms with Crippen LogP contribution >= 0.6 is 0 Å². The summed E-state index contributed by atoms with van der Waals surface area (Å²) in [5, 5.41) is 0.199. The quantitative estimate of drug-likeness (QED) is 0.878. The number of nitrogens with one attached hydrogen (secondary N) is 1. The van der Waals surface area contributed by atoms with Crippen LogP contribution in [0, 0.1) is 5.92 Å². The van der Waals surface area contributed by atoms with Crippen LogP contribution in [-0.4, -0.2) is 61.3 Å². The Balaban J connectivity index is 2.01. The maximum atomic E-state index is 12.4. The highest BCUT2D eigenvalue weighted by Crippen LogP contribution is 2.20. The molecule has 0 atom stereocenters. The average Bonchev–Trinajstić information content (AvgIpc) is 2.90. The zero-order valence-corrected chi connectivity index (χ0v) is 13.3. The molecule has 0 amide bonds. The number of aryl methyl sites for hydroxylation is 1. The van der Waals surface area contributed by atoms with Crippen LogP contribution < -0.4 is 0 Å². The van der Waals surface area contributed by atoms with Crippen molar-refractivity contribution in [2.75, 3.05) is 33.7 Å². The van der Waals surface area contributed by atoms with Crippen molar-refractivity contribution in [3.8, 4) is 0 Å². The molecular formula is C13H24N4O2S. The van der Waals surface area contributed by atoms with Gasteiger partial charge in [-0.15, -0.1) is 0 Å². The number of hydrogen-bond donors (Lipinski definition) is 1. The van der Waals surface area contributed by atoms with E-state index in [1.54, 1.807) is 7.05 Å². The molecule has 0 aromatic carbocycles. The monoisotopic (exact) mass is 300 g/mol.